The van der Waals surface area contributed by atoms with Crippen LogP contribution in [-0.4, -0.2) is 27.8 Å². The minimum Gasteiger partial charge on any atom is -0.494 e. The molecule has 18 heavy (non-hydrogen) atoms. The third-order valence-electron chi connectivity index (χ3n) is 2.63. The molecule has 4 nitrogen and oxygen atoms in total. The molecule has 2 atom stereocenters. The summed E-state index contributed by atoms with van der Waals surface area (Å²) in [5.74, 6) is 0.914. The maximum atomic E-state index is 12.2. The normalized spacial score (nSPS) is 14.5. The second-order valence-electron chi connectivity index (χ2n) is 4.46. The highest BCUT2D eigenvalue weighted by atomic mass is 32.2. The summed E-state index contributed by atoms with van der Waals surface area (Å²) in [6.45, 7) is 6.21. The molecule has 1 rings (SSSR count). The molecule has 0 saturated carbocycles. The van der Waals surface area contributed by atoms with Gasteiger partial charge in [0.2, 0.25) is 0 Å². The number of aliphatic hydroxyl groups excluding tert-OH is 1. The van der Waals surface area contributed by atoms with Crippen LogP contribution in [0.1, 0.15) is 20.8 Å². The SMILES string of the molecule is CCOc1ccc(N)c(S(=O)CC(O)C(C)C)c1. The largest absolute Gasteiger partial charge is 0.494 e. The third-order valence-corrected chi connectivity index (χ3v) is 4.12. The van der Waals surface area contributed by atoms with E-state index in [0.717, 1.165) is 0 Å². The summed E-state index contributed by atoms with van der Waals surface area (Å²) in [5, 5.41) is 9.76. The molecule has 0 fully saturated rings. The zero-order valence-electron chi connectivity index (χ0n) is 11.1. The Morgan fingerprint density at radius 1 is 1.44 bits per heavy atom. The number of benzene rings is 1. The van der Waals surface area contributed by atoms with E-state index in [4.69, 9.17) is 10.5 Å². The molecular formula is C13H21NO3S. The van der Waals surface area contributed by atoms with Crippen molar-refractivity contribution in [1.82, 2.24) is 0 Å². The van der Waals surface area contributed by atoms with Gasteiger partial charge < -0.3 is 15.6 Å². The highest BCUT2D eigenvalue weighted by Gasteiger charge is 2.17. The van der Waals surface area contributed by atoms with Gasteiger partial charge in [-0.15, -0.1) is 0 Å². The van der Waals surface area contributed by atoms with Crippen molar-refractivity contribution in [1.29, 1.82) is 0 Å². The molecule has 0 bridgehead atoms. The molecular weight excluding hydrogens is 250 g/mol. The van der Waals surface area contributed by atoms with Gasteiger partial charge in [0.1, 0.15) is 5.75 Å². The van der Waals surface area contributed by atoms with E-state index in [-0.39, 0.29) is 11.7 Å². The zero-order valence-corrected chi connectivity index (χ0v) is 11.9. The van der Waals surface area contributed by atoms with E-state index >= 15 is 0 Å². The lowest BCUT2D eigenvalue weighted by Gasteiger charge is -2.15. The summed E-state index contributed by atoms with van der Waals surface area (Å²) < 4.78 is 17.5. The maximum absolute atomic E-state index is 12.2. The minimum atomic E-state index is -1.31. The molecule has 0 amide bonds. The number of nitrogens with two attached hydrogens (primary N) is 1. The van der Waals surface area contributed by atoms with Gasteiger partial charge in [0.15, 0.2) is 0 Å². The molecule has 0 radical (unpaired) electrons. The van der Waals surface area contributed by atoms with Gasteiger partial charge in [0, 0.05) is 5.69 Å². The van der Waals surface area contributed by atoms with Gasteiger partial charge in [-0.1, -0.05) is 13.8 Å². The Balaban J connectivity index is 2.87. The van der Waals surface area contributed by atoms with E-state index in [0.29, 0.717) is 22.9 Å². The summed E-state index contributed by atoms with van der Waals surface area (Å²) in [5.41, 5.74) is 6.27. The van der Waals surface area contributed by atoms with Gasteiger partial charge in [-0.3, -0.25) is 4.21 Å². The number of aliphatic hydroxyl groups is 1. The van der Waals surface area contributed by atoms with Crippen molar-refractivity contribution >= 4 is 16.5 Å². The van der Waals surface area contributed by atoms with E-state index < -0.39 is 16.9 Å². The summed E-state index contributed by atoms with van der Waals surface area (Å²) in [6.07, 6.45) is -0.596. The van der Waals surface area contributed by atoms with E-state index in [1.165, 1.54) is 0 Å². The van der Waals surface area contributed by atoms with Gasteiger partial charge in [-0.2, -0.15) is 0 Å². The summed E-state index contributed by atoms with van der Waals surface area (Å²) in [7, 11) is -1.31. The Kier molecular flexibility index (Phi) is 5.62. The van der Waals surface area contributed by atoms with Crippen LogP contribution in [0.15, 0.2) is 23.1 Å². The first-order valence-electron chi connectivity index (χ1n) is 6.04. The van der Waals surface area contributed by atoms with Crippen molar-refractivity contribution in [2.24, 2.45) is 5.92 Å². The molecule has 0 heterocycles. The average molecular weight is 271 g/mol. The Hall–Kier alpha value is -1.07. The van der Waals surface area contributed by atoms with E-state index in [1.54, 1.807) is 18.2 Å². The smallest absolute Gasteiger partial charge is 0.120 e. The number of ether oxygens (including phenoxy) is 1. The van der Waals surface area contributed by atoms with Crippen molar-refractivity contribution in [2.75, 3.05) is 18.1 Å². The van der Waals surface area contributed by atoms with Crippen LogP contribution in [0, 0.1) is 5.92 Å². The van der Waals surface area contributed by atoms with Crippen molar-refractivity contribution in [3.63, 3.8) is 0 Å². The van der Waals surface area contributed by atoms with E-state index in [9.17, 15) is 9.32 Å². The van der Waals surface area contributed by atoms with Gasteiger partial charge in [-0.25, -0.2) is 0 Å². The standard InChI is InChI=1S/C13H21NO3S/c1-4-17-10-5-6-11(14)13(7-10)18(16)8-12(15)9(2)3/h5-7,9,12,15H,4,8,14H2,1-3H3. The van der Waals surface area contributed by atoms with Gasteiger partial charge in [-0.05, 0) is 31.0 Å². The number of rotatable bonds is 6. The van der Waals surface area contributed by atoms with Gasteiger partial charge >= 0.3 is 0 Å². The molecule has 0 saturated heterocycles. The summed E-state index contributed by atoms with van der Waals surface area (Å²) in [4.78, 5) is 0.528. The lowest BCUT2D eigenvalue weighted by molar-refractivity contribution is 0.148. The molecule has 1 aromatic rings. The first-order valence-corrected chi connectivity index (χ1v) is 7.36. The molecule has 3 N–H and O–H groups in total. The van der Waals surface area contributed by atoms with E-state index in [1.807, 2.05) is 20.8 Å². The Bertz CT molecular complexity index is 421. The fourth-order valence-electron chi connectivity index (χ4n) is 1.41. The molecule has 0 aromatic heterocycles. The van der Waals surface area contributed by atoms with Crippen LogP contribution in [0.2, 0.25) is 0 Å². The second kappa shape index (κ2) is 6.75. The molecule has 0 spiro atoms. The van der Waals surface area contributed by atoms with Crippen molar-refractivity contribution in [3.05, 3.63) is 18.2 Å². The van der Waals surface area contributed by atoms with Crippen LogP contribution in [0.4, 0.5) is 5.69 Å². The van der Waals surface area contributed by atoms with Crippen molar-refractivity contribution in [3.8, 4) is 5.75 Å². The zero-order chi connectivity index (χ0) is 13.7. The van der Waals surface area contributed by atoms with Crippen LogP contribution >= 0.6 is 0 Å². The topological polar surface area (TPSA) is 72.5 Å². The van der Waals surface area contributed by atoms with Crippen molar-refractivity contribution < 1.29 is 14.1 Å². The molecule has 102 valence electrons. The first kappa shape index (κ1) is 15.0. The summed E-state index contributed by atoms with van der Waals surface area (Å²) in [6, 6.07) is 5.11. The predicted molar refractivity (Wildman–Crippen MR) is 74.1 cm³/mol. The lowest BCUT2D eigenvalue weighted by Crippen LogP contribution is -2.23. The molecule has 2 unspecified atom stereocenters. The number of nitrogen functional groups attached to an aromatic ring is 1. The highest BCUT2D eigenvalue weighted by molar-refractivity contribution is 7.85. The lowest BCUT2D eigenvalue weighted by atomic mass is 10.1. The van der Waals surface area contributed by atoms with Crippen molar-refractivity contribution in [2.45, 2.75) is 31.8 Å². The Morgan fingerprint density at radius 2 is 2.11 bits per heavy atom. The van der Waals surface area contributed by atoms with Crippen LogP contribution in [0.25, 0.3) is 0 Å². The monoisotopic (exact) mass is 271 g/mol. The molecule has 0 aliphatic heterocycles. The molecule has 0 aliphatic rings. The number of hydrogen-bond acceptors (Lipinski definition) is 4. The van der Waals surface area contributed by atoms with Crippen LogP contribution in [0.5, 0.6) is 5.75 Å². The number of hydrogen-bond donors (Lipinski definition) is 2. The molecule has 0 aliphatic carbocycles. The number of anilines is 1. The Morgan fingerprint density at radius 3 is 2.67 bits per heavy atom. The maximum Gasteiger partial charge on any atom is 0.120 e. The average Bonchev–Trinajstić information content (AvgIpc) is 2.31. The van der Waals surface area contributed by atoms with Gasteiger partial charge in [0.25, 0.3) is 0 Å². The molecule has 5 heteroatoms. The van der Waals surface area contributed by atoms with Crippen LogP contribution in [-0.2, 0) is 10.8 Å². The van der Waals surface area contributed by atoms with E-state index in [2.05, 4.69) is 0 Å². The fourth-order valence-corrected chi connectivity index (χ4v) is 2.86. The Labute approximate surface area is 111 Å². The minimum absolute atomic E-state index is 0.0743. The highest BCUT2D eigenvalue weighted by Crippen LogP contribution is 2.24. The first-order chi connectivity index (χ1) is 8.45. The van der Waals surface area contributed by atoms with Crippen LogP contribution in [0.3, 0.4) is 0 Å². The molecule has 1 aromatic carbocycles. The fraction of sp³-hybridized carbons (Fsp3) is 0.538. The second-order valence-corrected chi connectivity index (χ2v) is 5.92. The van der Waals surface area contributed by atoms with Gasteiger partial charge in [0.05, 0.1) is 34.2 Å². The van der Waals surface area contributed by atoms with Crippen LogP contribution < -0.4 is 10.5 Å². The predicted octanol–water partition coefficient (Wildman–Crippen LogP) is 1.79. The quantitative estimate of drug-likeness (QED) is 0.774. The summed E-state index contributed by atoms with van der Waals surface area (Å²) >= 11 is 0. The third kappa shape index (κ3) is 3.99.